The topological polar surface area (TPSA) is 46.5 Å². The lowest BCUT2D eigenvalue weighted by Crippen LogP contribution is -2.15. The number of aliphatic hydroxyl groups is 1. The minimum Gasteiger partial charge on any atom is -0.464 e. The Kier molecular flexibility index (Phi) is 4.05. The van der Waals surface area contributed by atoms with Gasteiger partial charge in [0.2, 0.25) is 0 Å². The van der Waals surface area contributed by atoms with Gasteiger partial charge in [-0.3, -0.25) is 0 Å². The summed E-state index contributed by atoms with van der Waals surface area (Å²) in [6.45, 7) is 1.78. The van der Waals surface area contributed by atoms with E-state index in [0.717, 1.165) is 6.07 Å². The van der Waals surface area contributed by atoms with E-state index in [0.29, 0.717) is 0 Å². The van der Waals surface area contributed by atoms with E-state index in [4.69, 9.17) is 11.6 Å². The van der Waals surface area contributed by atoms with E-state index in [2.05, 4.69) is 4.74 Å². The normalized spacial score (nSPS) is 12.3. The number of aliphatic hydroxyl groups excluding tert-OH is 1. The van der Waals surface area contributed by atoms with Crippen LogP contribution in [0.4, 0.5) is 4.39 Å². The van der Waals surface area contributed by atoms with Crippen LogP contribution in [-0.4, -0.2) is 17.7 Å². The molecule has 1 unspecified atom stereocenters. The molecule has 1 aromatic rings. The molecule has 1 aromatic carbocycles. The van der Waals surface area contributed by atoms with E-state index in [1.165, 1.54) is 12.1 Å². The molecule has 0 heterocycles. The van der Waals surface area contributed by atoms with E-state index in [1.807, 2.05) is 0 Å². The lowest BCUT2D eigenvalue weighted by molar-refractivity contribution is -0.153. The number of halogens is 2. The molecule has 0 aliphatic carbocycles. The molecule has 0 radical (unpaired) electrons. The van der Waals surface area contributed by atoms with Crippen molar-refractivity contribution >= 4 is 17.6 Å². The first-order chi connectivity index (χ1) is 7.06. The summed E-state index contributed by atoms with van der Waals surface area (Å²) < 4.78 is 17.6. The molecule has 0 aromatic heterocycles. The fourth-order valence-corrected chi connectivity index (χ4v) is 1.16. The fourth-order valence-electron chi connectivity index (χ4n) is 1.04. The van der Waals surface area contributed by atoms with Crippen LogP contribution in [0.25, 0.3) is 0 Å². The Hall–Kier alpha value is -1.13. The first kappa shape index (κ1) is 11.9. The quantitative estimate of drug-likeness (QED) is 0.812. The molecule has 0 fully saturated rings. The van der Waals surface area contributed by atoms with Crippen molar-refractivity contribution in [2.24, 2.45) is 0 Å². The van der Waals surface area contributed by atoms with Crippen LogP contribution >= 0.6 is 11.6 Å². The third-order valence-corrected chi connectivity index (χ3v) is 2.08. The van der Waals surface area contributed by atoms with Gasteiger partial charge in [-0.1, -0.05) is 17.7 Å². The maximum atomic E-state index is 13.0. The molecule has 0 saturated heterocycles. The minimum atomic E-state index is -1.48. The number of carbonyl (C=O) groups excluding carboxylic acids is 1. The summed E-state index contributed by atoms with van der Waals surface area (Å²) in [5.74, 6) is -1.49. The maximum absolute atomic E-state index is 13.0. The maximum Gasteiger partial charge on any atom is 0.339 e. The first-order valence-electron chi connectivity index (χ1n) is 4.36. The van der Waals surface area contributed by atoms with Crippen molar-refractivity contribution in [2.45, 2.75) is 13.0 Å². The van der Waals surface area contributed by atoms with Gasteiger partial charge in [-0.2, -0.15) is 0 Å². The Morgan fingerprint density at radius 2 is 2.33 bits per heavy atom. The zero-order valence-corrected chi connectivity index (χ0v) is 8.79. The Morgan fingerprint density at radius 1 is 1.67 bits per heavy atom. The third-order valence-electron chi connectivity index (χ3n) is 1.77. The van der Waals surface area contributed by atoms with Gasteiger partial charge in [0.1, 0.15) is 5.82 Å². The van der Waals surface area contributed by atoms with E-state index in [-0.39, 0.29) is 17.2 Å². The van der Waals surface area contributed by atoms with Crippen LogP contribution in [-0.2, 0) is 9.53 Å². The summed E-state index contributed by atoms with van der Waals surface area (Å²) in [7, 11) is 0. The molecule has 15 heavy (non-hydrogen) atoms. The second-order valence-electron chi connectivity index (χ2n) is 2.83. The van der Waals surface area contributed by atoms with Gasteiger partial charge in [-0.25, -0.2) is 9.18 Å². The number of rotatable bonds is 3. The van der Waals surface area contributed by atoms with Gasteiger partial charge in [-0.05, 0) is 24.6 Å². The van der Waals surface area contributed by atoms with Crippen molar-refractivity contribution in [3.05, 3.63) is 34.6 Å². The zero-order chi connectivity index (χ0) is 11.4. The summed E-state index contributed by atoms with van der Waals surface area (Å²) in [5.41, 5.74) is 0.121. The van der Waals surface area contributed by atoms with E-state index >= 15 is 0 Å². The number of esters is 1. The summed E-state index contributed by atoms with van der Waals surface area (Å²) in [5, 5.41) is 9.39. The lowest BCUT2D eigenvalue weighted by atomic mass is 10.1. The predicted molar refractivity (Wildman–Crippen MR) is 53.0 cm³/mol. The van der Waals surface area contributed by atoms with Gasteiger partial charge in [0, 0.05) is 0 Å². The Labute approximate surface area is 91.4 Å². The van der Waals surface area contributed by atoms with E-state index in [9.17, 15) is 14.3 Å². The van der Waals surface area contributed by atoms with Crippen molar-refractivity contribution in [1.29, 1.82) is 0 Å². The van der Waals surface area contributed by atoms with E-state index in [1.54, 1.807) is 6.92 Å². The molecule has 0 aliphatic rings. The van der Waals surface area contributed by atoms with Crippen LogP contribution < -0.4 is 0 Å². The SMILES string of the molecule is CCOC(=O)C(O)c1ccc(Cl)c(F)c1. The van der Waals surface area contributed by atoms with Gasteiger partial charge in [0.05, 0.1) is 11.6 Å². The molecule has 3 nitrogen and oxygen atoms in total. The summed E-state index contributed by atoms with van der Waals surface area (Å²) in [4.78, 5) is 11.1. The fraction of sp³-hybridized carbons (Fsp3) is 0.300. The molecule has 0 saturated carbocycles. The molecule has 0 amide bonds. The van der Waals surface area contributed by atoms with Gasteiger partial charge >= 0.3 is 5.97 Å². The van der Waals surface area contributed by atoms with Crippen molar-refractivity contribution in [1.82, 2.24) is 0 Å². The highest BCUT2D eigenvalue weighted by molar-refractivity contribution is 6.30. The van der Waals surface area contributed by atoms with Gasteiger partial charge in [-0.15, -0.1) is 0 Å². The smallest absolute Gasteiger partial charge is 0.339 e. The molecule has 1 N–H and O–H groups in total. The largest absolute Gasteiger partial charge is 0.464 e. The van der Waals surface area contributed by atoms with Crippen LogP contribution in [0.2, 0.25) is 5.02 Å². The standard InChI is InChI=1S/C10H10ClFO3/c1-2-15-10(14)9(13)6-3-4-7(11)8(12)5-6/h3-5,9,13H,2H2,1H3. The van der Waals surface area contributed by atoms with Crippen LogP contribution in [0, 0.1) is 5.82 Å². The Bertz CT molecular complexity index is 368. The minimum absolute atomic E-state index is 0.0604. The second-order valence-corrected chi connectivity index (χ2v) is 3.24. The highest BCUT2D eigenvalue weighted by atomic mass is 35.5. The van der Waals surface area contributed by atoms with Crippen LogP contribution in [0.15, 0.2) is 18.2 Å². The van der Waals surface area contributed by atoms with Crippen LogP contribution in [0.1, 0.15) is 18.6 Å². The van der Waals surface area contributed by atoms with Crippen molar-refractivity contribution in [3.63, 3.8) is 0 Å². The number of hydrogen-bond donors (Lipinski definition) is 1. The molecule has 1 rings (SSSR count). The predicted octanol–water partition coefficient (Wildman–Crippen LogP) is 2.08. The number of carbonyl (C=O) groups is 1. The molecule has 0 spiro atoms. The second kappa shape index (κ2) is 5.09. The summed E-state index contributed by atoms with van der Waals surface area (Å²) in [6.07, 6.45) is -1.48. The average Bonchev–Trinajstić information content (AvgIpc) is 2.21. The molecule has 1 atom stereocenters. The van der Waals surface area contributed by atoms with E-state index < -0.39 is 17.9 Å². The number of ether oxygens (including phenoxy) is 1. The Morgan fingerprint density at radius 3 is 2.87 bits per heavy atom. The average molecular weight is 233 g/mol. The molecule has 0 bridgehead atoms. The summed E-state index contributed by atoms with van der Waals surface area (Å²) in [6, 6.07) is 3.64. The monoisotopic (exact) mass is 232 g/mol. The highest BCUT2D eigenvalue weighted by Crippen LogP contribution is 2.20. The molecular weight excluding hydrogens is 223 g/mol. The summed E-state index contributed by atoms with van der Waals surface area (Å²) >= 11 is 5.45. The van der Waals surface area contributed by atoms with Crippen molar-refractivity contribution in [2.75, 3.05) is 6.61 Å². The van der Waals surface area contributed by atoms with Crippen molar-refractivity contribution < 1.29 is 19.0 Å². The first-order valence-corrected chi connectivity index (χ1v) is 4.73. The van der Waals surface area contributed by atoms with Gasteiger partial charge < -0.3 is 9.84 Å². The zero-order valence-electron chi connectivity index (χ0n) is 8.04. The number of benzene rings is 1. The third kappa shape index (κ3) is 2.91. The molecular formula is C10H10ClFO3. The molecule has 5 heteroatoms. The molecule has 0 aliphatic heterocycles. The Balaban J connectivity index is 2.86. The molecule has 82 valence electrons. The van der Waals surface area contributed by atoms with Crippen molar-refractivity contribution in [3.8, 4) is 0 Å². The van der Waals surface area contributed by atoms with Gasteiger partial charge in [0.25, 0.3) is 0 Å². The lowest BCUT2D eigenvalue weighted by Gasteiger charge is -2.09. The number of hydrogen-bond acceptors (Lipinski definition) is 3. The van der Waals surface area contributed by atoms with Crippen LogP contribution in [0.3, 0.4) is 0 Å². The van der Waals surface area contributed by atoms with Gasteiger partial charge in [0.15, 0.2) is 6.10 Å². The highest BCUT2D eigenvalue weighted by Gasteiger charge is 2.19. The van der Waals surface area contributed by atoms with Crippen LogP contribution in [0.5, 0.6) is 0 Å².